The summed E-state index contributed by atoms with van der Waals surface area (Å²) in [6, 6.07) is 6.15. The van der Waals surface area contributed by atoms with Gasteiger partial charge in [0.1, 0.15) is 0 Å². The van der Waals surface area contributed by atoms with Crippen LogP contribution in [0.15, 0.2) is 45.4 Å². The summed E-state index contributed by atoms with van der Waals surface area (Å²) < 4.78 is 34.8. The summed E-state index contributed by atoms with van der Waals surface area (Å²) in [6.07, 6.45) is 0. The van der Waals surface area contributed by atoms with Crippen molar-refractivity contribution in [1.29, 1.82) is 0 Å². The molecule has 0 bridgehead atoms. The Labute approximate surface area is 112 Å². The first-order valence-electron chi connectivity index (χ1n) is 5.23. The summed E-state index contributed by atoms with van der Waals surface area (Å²) in [5.74, 6) is 4.67. The summed E-state index contributed by atoms with van der Waals surface area (Å²) in [5, 5.41) is 0. The molecule has 0 spiro atoms. The molecule has 6 heteroatoms. The van der Waals surface area contributed by atoms with E-state index in [0.717, 1.165) is 0 Å². The number of allylic oxidation sites excluding steroid dienone is 2. The Balaban J connectivity index is 2.15. The van der Waals surface area contributed by atoms with Crippen LogP contribution in [0.2, 0.25) is 0 Å². The zero-order valence-electron chi connectivity index (χ0n) is 9.71. The third-order valence-corrected chi connectivity index (χ3v) is 6.45. The van der Waals surface area contributed by atoms with E-state index in [2.05, 4.69) is 5.43 Å². The second kappa shape index (κ2) is 5.66. The minimum absolute atomic E-state index is 0.184. The molecule has 1 heterocycles. The SMILES string of the molecule is CC1=CI(Oc2ccccc2F)CC(F)=C1NN. The Hall–Kier alpha value is -1.15. The van der Waals surface area contributed by atoms with Crippen LogP contribution in [0.5, 0.6) is 5.75 Å². The van der Waals surface area contributed by atoms with Crippen LogP contribution in [0.4, 0.5) is 8.78 Å². The molecule has 0 amide bonds. The fourth-order valence-corrected chi connectivity index (χ4v) is 5.39. The number of nitrogens with two attached hydrogens (primary N) is 1. The first-order chi connectivity index (χ1) is 8.61. The standard InChI is InChI=1S/C12H13F2IN2O/c1-8-6-15(7-10(14)12(8)17-16)18-11-5-3-2-4-9(11)13/h2-6,17H,7,16H2,1H3. The molecule has 18 heavy (non-hydrogen) atoms. The van der Waals surface area contributed by atoms with Crippen molar-refractivity contribution in [3.8, 4) is 5.75 Å². The number of alkyl halides is 1. The first-order valence-corrected chi connectivity index (χ1v) is 8.88. The molecule has 0 saturated carbocycles. The third kappa shape index (κ3) is 2.81. The van der Waals surface area contributed by atoms with Crippen LogP contribution in [-0.2, 0) is 0 Å². The molecule has 3 N–H and O–H groups in total. The molecular formula is C12H13F2IN2O. The third-order valence-electron chi connectivity index (χ3n) is 2.36. The Bertz CT molecular complexity index is 517. The van der Waals surface area contributed by atoms with Crippen molar-refractivity contribution in [2.75, 3.05) is 4.43 Å². The number of benzene rings is 1. The first kappa shape index (κ1) is 13.3. The molecule has 98 valence electrons. The van der Waals surface area contributed by atoms with Gasteiger partial charge in [-0.25, -0.2) is 0 Å². The number of halogens is 3. The molecular weight excluding hydrogens is 353 g/mol. The molecule has 1 aromatic rings. The molecule has 0 fully saturated rings. The van der Waals surface area contributed by atoms with Gasteiger partial charge in [-0.1, -0.05) is 0 Å². The van der Waals surface area contributed by atoms with Gasteiger partial charge in [0.25, 0.3) is 0 Å². The van der Waals surface area contributed by atoms with Crippen LogP contribution in [0.1, 0.15) is 6.92 Å². The summed E-state index contributed by atoms with van der Waals surface area (Å²) in [7, 11) is 0. The zero-order chi connectivity index (χ0) is 13.1. The second-order valence-electron chi connectivity index (χ2n) is 3.71. The van der Waals surface area contributed by atoms with E-state index >= 15 is 0 Å². The maximum atomic E-state index is 13.7. The van der Waals surface area contributed by atoms with Crippen molar-refractivity contribution < 1.29 is 11.8 Å². The van der Waals surface area contributed by atoms with Gasteiger partial charge in [0.15, 0.2) is 0 Å². The molecule has 0 aliphatic carbocycles. The fourth-order valence-electron chi connectivity index (χ4n) is 1.53. The fraction of sp³-hybridized carbons (Fsp3) is 0.167. The zero-order valence-corrected chi connectivity index (χ0v) is 11.9. The van der Waals surface area contributed by atoms with Gasteiger partial charge in [0.05, 0.1) is 0 Å². The molecule has 3 nitrogen and oxygen atoms in total. The van der Waals surface area contributed by atoms with E-state index in [9.17, 15) is 8.78 Å². The van der Waals surface area contributed by atoms with Gasteiger partial charge < -0.3 is 0 Å². The average Bonchev–Trinajstić information content (AvgIpc) is 2.32. The Morgan fingerprint density at radius 2 is 2.06 bits per heavy atom. The average molecular weight is 366 g/mol. The monoisotopic (exact) mass is 366 g/mol. The van der Waals surface area contributed by atoms with Crippen LogP contribution in [0, 0.1) is 5.82 Å². The predicted octanol–water partition coefficient (Wildman–Crippen LogP) is 3.19. The quantitative estimate of drug-likeness (QED) is 0.374. The molecule has 0 saturated heterocycles. The van der Waals surface area contributed by atoms with Crippen molar-refractivity contribution in [3.05, 3.63) is 51.3 Å². The van der Waals surface area contributed by atoms with Gasteiger partial charge >= 0.3 is 112 Å². The van der Waals surface area contributed by atoms with Crippen molar-refractivity contribution in [3.63, 3.8) is 0 Å². The number of para-hydroxylation sites is 1. The number of hydrazine groups is 1. The molecule has 2 rings (SSSR count). The summed E-state index contributed by atoms with van der Waals surface area (Å²) >= 11 is -2.17. The number of rotatable bonds is 3. The van der Waals surface area contributed by atoms with Crippen molar-refractivity contribution >= 4 is 20.2 Å². The van der Waals surface area contributed by atoms with Gasteiger partial charge in [-0.3, -0.25) is 0 Å². The van der Waals surface area contributed by atoms with Gasteiger partial charge in [-0.2, -0.15) is 0 Å². The number of nitrogens with one attached hydrogen (secondary N) is 1. The summed E-state index contributed by atoms with van der Waals surface area (Å²) in [5.41, 5.74) is 3.35. The van der Waals surface area contributed by atoms with Gasteiger partial charge in [0, 0.05) is 0 Å². The molecule has 1 aromatic carbocycles. The summed E-state index contributed by atoms with van der Waals surface area (Å²) in [6.45, 7) is 1.75. The maximum absolute atomic E-state index is 13.7. The molecule has 0 atom stereocenters. The van der Waals surface area contributed by atoms with E-state index in [4.69, 9.17) is 8.91 Å². The topological polar surface area (TPSA) is 47.3 Å². The normalized spacial score (nSPS) is 17.6. The van der Waals surface area contributed by atoms with Crippen LogP contribution < -0.4 is 14.3 Å². The second-order valence-corrected chi connectivity index (χ2v) is 7.55. The van der Waals surface area contributed by atoms with E-state index in [-0.39, 0.29) is 16.0 Å². The van der Waals surface area contributed by atoms with E-state index in [1.807, 2.05) is 4.08 Å². The molecule has 0 aromatic heterocycles. The number of hydrogen-bond acceptors (Lipinski definition) is 3. The van der Waals surface area contributed by atoms with Crippen LogP contribution >= 0.6 is 20.2 Å². The van der Waals surface area contributed by atoms with Crippen LogP contribution in [-0.4, -0.2) is 4.43 Å². The molecule has 1 aliphatic heterocycles. The van der Waals surface area contributed by atoms with Gasteiger partial charge in [0.2, 0.25) is 0 Å². The Kier molecular flexibility index (Phi) is 4.18. The van der Waals surface area contributed by atoms with Gasteiger partial charge in [-0.05, 0) is 0 Å². The molecule has 1 aliphatic rings. The van der Waals surface area contributed by atoms with E-state index in [1.165, 1.54) is 6.07 Å². The molecule has 0 radical (unpaired) electrons. The predicted molar refractivity (Wildman–Crippen MR) is 75.1 cm³/mol. The van der Waals surface area contributed by atoms with Crippen molar-refractivity contribution in [2.24, 2.45) is 5.84 Å². The van der Waals surface area contributed by atoms with Crippen molar-refractivity contribution in [2.45, 2.75) is 6.92 Å². The molecule has 0 unspecified atom stereocenters. The minimum atomic E-state index is -2.17. The van der Waals surface area contributed by atoms with Crippen LogP contribution in [0.25, 0.3) is 0 Å². The Morgan fingerprint density at radius 1 is 1.33 bits per heavy atom. The van der Waals surface area contributed by atoms with E-state index < -0.39 is 26.1 Å². The van der Waals surface area contributed by atoms with Gasteiger partial charge in [-0.15, -0.1) is 0 Å². The van der Waals surface area contributed by atoms with Crippen molar-refractivity contribution in [1.82, 2.24) is 5.43 Å². The Morgan fingerprint density at radius 3 is 2.67 bits per heavy atom. The number of hydrogen-bond donors (Lipinski definition) is 2. The van der Waals surface area contributed by atoms with E-state index in [0.29, 0.717) is 11.3 Å². The summed E-state index contributed by atoms with van der Waals surface area (Å²) in [4.78, 5) is 0. The van der Waals surface area contributed by atoms with Crippen LogP contribution in [0.3, 0.4) is 0 Å². The van der Waals surface area contributed by atoms with E-state index in [1.54, 1.807) is 25.1 Å².